The number of rotatable bonds is 8. The van der Waals surface area contributed by atoms with Crippen LogP contribution in [0.5, 0.6) is 6.01 Å². The minimum Gasteiger partial charge on any atom is -0.467 e. The van der Waals surface area contributed by atoms with Crippen LogP contribution in [0.2, 0.25) is 0 Å². The van der Waals surface area contributed by atoms with Gasteiger partial charge in [-0.15, -0.1) is 10.2 Å². The van der Waals surface area contributed by atoms with Crippen LogP contribution in [-0.2, 0) is 11.8 Å². The van der Waals surface area contributed by atoms with Gasteiger partial charge in [-0.05, 0) is 13.8 Å². The standard InChI is InChI=1S/C19H26N14O3/c1-8(20)12(28-29-15-10(16(34)35-5)7-24-32(15)4)14(23)31(3)17-25-18(27-19(26-17)36-6)33-13(22)11(21)9(2)30-33/h7,20H,21-23H2,1-6H3/b14-12+,20-8?,29-28+. The van der Waals surface area contributed by atoms with Crippen LogP contribution < -0.4 is 26.8 Å². The molecule has 3 aromatic rings. The zero-order valence-electron chi connectivity index (χ0n) is 20.5. The number of hydrogen-bond acceptors (Lipinski definition) is 15. The molecule has 0 unspecified atom stereocenters. The molecule has 3 rings (SSSR count). The fourth-order valence-electron chi connectivity index (χ4n) is 2.87. The predicted molar refractivity (Wildman–Crippen MR) is 129 cm³/mol. The number of methoxy groups -OCH3 is 2. The second-order valence-corrected chi connectivity index (χ2v) is 7.33. The number of allylic oxidation sites excluding steroid dienone is 1. The molecule has 0 bridgehead atoms. The molecule has 0 saturated carbocycles. The number of aryl methyl sites for hydroxylation is 2. The molecule has 3 aromatic heterocycles. The van der Waals surface area contributed by atoms with Gasteiger partial charge in [-0.3, -0.25) is 4.90 Å². The number of azo groups is 1. The lowest BCUT2D eigenvalue weighted by atomic mass is 10.3. The van der Waals surface area contributed by atoms with Crippen LogP contribution in [0.3, 0.4) is 0 Å². The molecule has 0 spiro atoms. The van der Waals surface area contributed by atoms with E-state index in [0.29, 0.717) is 5.69 Å². The normalized spacial score (nSPS) is 11.9. The largest absolute Gasteiger partial charge is 0.467 e. The number of hydrogen-bond donors (Lipinski definition) is 4. The zero-order valence-corrected chi connectivity index (χ0v) is 20.5. The van der Waals surface area contributed by atoms with E-state index in [4.69, 9.17) is 32.1 Å². The minimum absolute atomic E-state index is 0.0193. The highest BCUT2D eigenvalue weighted by molar-refractivity contribution is 5.96. The summed E-state index contributed by atoms with van der Waals surface area (Å²) in [6.45, 7) is 3.15. The van der Waals surface area contributed by atoms with Gasteiger partial charge >= 0.3 is 12.0 Å². The molecule has 0 aromatic carbocycles. The van der Waals surface area contributed by atoms with Crippen LogP contribution >= 0.6 is 0 Å². The third kappa shape index (κ3) is 4.74. The van der Waals surface area contributed by atoms with E-state index in [2.05, 4.69) is 35.4 Å². The molecule has 0 atom stereocenters. The Kier molecular flexibility index (Phi) is 7.12. The first-order chi connectivity index (χ1) is 17.0. The first-order valence-electron chi connectivity index (χ1n) is 10.2. The van der Waals surface area contributed by atoms with Gasteiger partial charge in [-0.25, -0.2) is 9.48 Å². The quantitative estimate of drug-likeness (QED) is 0.188. The van der Waals surface area contributed by atoms with Crippen molar-refractivity contribution in [3.63, 3.8) is 0 Å². The lowest BCUT2D eigenvalue weighted by molar-refractivity contribution is 0.0601. The molecule has 0 aliphatic rings. The topological polar surface area (TPSA) is 240 Å². The molecule has 3 heterocycles. The Morgan fingerprint density at radius 1 is 1.22 bits per heavy atom. The van der Waals surface area contributed by atoms with Crippen LogP contribution in [-0.4, -0.2) is 67.5 Å². The highest BCUT2D eigenvalue weighted by Crippen LogP contribution is 2.25. The fourth-order valence-corrected chi connectivity index (χ4v) is 2.87. The van der Waals surface area contributed by atoms with Gasteiger partial charge < -0.3 is 32.1 Å². The molecule has 0 saturated heterocycles. The molecular formula is C19H26N14O3. The lowest BCUT2D eigenvalue weighted by Crippen LogP contribution is -2.28. The summed E-state index contributed by atoms with van der Waals surface area (Å²) in [5.41, 5.74) is 19.1. The molecule has 0 amide bonds. The van der Waals surface area contributed by atoms with E-state index in [1.807, 2.05) is 0 Å². The fraction of sp³-hybridized carbons (Fsp3) is 0.316. The molecule has 17 heteroatoms. The minimum atomic E-state index is -0.641. The first-order valence-corrected chi connectivity index (χ1v) is 10.2. The Balaban J connectivity index is 2.08. The average molecular weight is 499 g/mol. The van der Waals surface area contributed by atoms with Gasteiger partial charge in [0.05, 0.1) is 37.5 Å². The predicted octanol–water partition coefficient (Wildman–Crippen LogP) is 0.446. The van der Waals surface area contributed by atoms with Gasteiger partial charge in [0.2, 0.25) is 5.95 Å². The van der Waals surface area contributed by atoms with E-state index in [0.717, 1.165) is 0 Å². The van der Waals surface area contributed by atoms with Crippen molar-refractivity contribution >= 4 is 35.0 Å². The molecule has 0 fully saturated rings. The second-order valence-electron chi connectivity index (χ2n) is 7.33. The summed E-state index contributed by atoms with van der Waals surface area (Å²) in [6, 6.07) is -0.0480. The Hall–Kier alpha value is -5.09. The maximum Gasteiger partial charge on any atom is 0.343 e. The number of nitrogen functional groups attached to an aromatic ring is 2. The molecule has 7 N–H and O–H groups in total. The van der Waals surface area contributed by atoms with Gasteiger partial charge in [0.25, 0.3) is 5.95 Å². The number of esters is 1. The van der Waals surface area contributed by atoms with E-state index >= 15 is 0 Å². The van der Waals surface area contributed by atoms with Gasteiger partial charge in [-0.2, -0.15) is 29.8 Å². The van der Waals surface area contributed by atoms with Crippen molar-refractivity contribution in [1.29, 1.82) is 5.41 Å². The van der Waals surface area contributed by atoms with Crippen molar-refractivity contribution in [3.8, 4) is 12.0 Å². The van der Waals surface area contributed by atoms with Crippen LogP contribution in [0, 0.1) is 12.3 Å². The summed E-state index contributed by atoms with van der Waals surface area (Å²) in [4.78, 5) is 26.1. The molecule has 0 aliphatic heterocycles. The Morgan fingerprint density at radius 2 is 1.92 bits per heavy atom. The number of carbonyl (C=O) groups is 1. The van der Waals surface area contributed by atoms with E-state index in [9.17, 15) is 4.79 Å². The summed E-state index contributed by atoms with van der Waals surface area (Å²) < 4.78 is 12.5. The van der Waals surface area contributed by atoms with Gasteiger partial charge in [0, 0.05) is 14.1 Å². The molecule has 36 heavy (non-hydrogen) atoms. The molecular weight excluding hydrogens is 472 g/mol. The second kappa shape index (κ2) is 10.0. The summed E-state index contributed by atoms with van der Waals surface area (Å²) in [7, 11) is 5.73. The van der Waals surface area contributed by atoms with Crippen LogP contribution in [0.4, 0.5) is 23.3 Å². The summed E-state index contributed by atoms with van der Waals surface area (Å²) in [5.74, 6) is -0.358. The van der Waals surface area contributed by atoms with Crippen molar-refractivity contribution in [1.82, 2.24) is 34.5 Å². The lowest BCUT2D eigenvalue weighted by Gasteiger charge is -2.19. The van der Waals surface area contributed by atoms with Crippen LogP contribution in [0.1, 0.15) is 23.0 Å². The number of ether oxygens (including phenoxy) is 2. The maximum atomic E-state index is 12.0. The van der Waals surface area contributed by atoms with Gasteiger partial charge in [0.1, 0.15) is 17.1 Å². The third-order valence-corrected chi connectivity index (χ3v) is 4.92. The Morgan fingerprint density at radius 3 is 2.47 bits per heavy atom. The number of nitrogens with one attached hydrogen (secondary N) is 1. The number of anilines is 3. The van der Waals surface area contributed by atoms with E-state index in [1.54, 1.807) is 21.0 Å². The van der Waals surface area contributed by atoms with Crippen molar-refractivity contribution < 1.29 is 14.3 Å². The number of aromatic nitrogens is 7. The van der Waals surface area contributed by atoms with E-state index < -0.39 is 5.97 Å². The first kappa shape index (κ1) is 25.5. The number of nitrogens with zero attached hydrogens (tertiary/aromatic N) is 10. The summed E-state index contributed by atoms with van der Waals surface area (Å²) >= 11 is 0. The third-order valence-electron chi connectivity index (χ3n) is 4.92. The summed E-state index contributed by atoms with van der Waals surface area (Å²) in [5, 5.41) is 24.5. The highest BCUT2D eigenvalue weighted by atomic mass is 16.5. The van der Waals surface area contributed by atoms with E-state index in [-0.39, 0.29) is 58.0 Å². The molecule has 190 valence electrons. The van der Waals surface area contributed by atoms with Gasteiger partial charge in [0.15, 0.2) is 11.6 Å². The molecule has 17 nitrogen and oxygen atoms in total. The number of carbonyl (C=O) groups excluding carboxylic acids is 1. The maximum absolute atomic E-state index is 12.0. The summed E-state index contributed by atoms with van der Waals surface area (Å²) in [6.07, 6.45) is 1.30. The van der Waals surface area contributed by atoms with Crippen LogP contribution in [0.25, 0.3) is 5.95 Å². The Labute approximate surface area is 205 Å². The SMILES string of the molecule is COC(=O)c1cnn(C)c1/N=N/C(C(C)=N)=C(\N)N(C)c1nc(OC)nc(-n2nc(C)c(N)c2N)n1. The van der Waals surface area contributed by atoms with Crippen molar-refractivity contribution in [2.45, 2.75) is 13.8 Å². The van der Waals surface area contributed by atoms with Crippen LogP contribution in [0.15, 0.2) is 27.9 Å². The number of nitrogens with two attached hydrogens (primary N) is 3. The van der Waals surface area contributed by atoms with Crippen molar-refractivity contribution in [2.24, 2.45) is 23.0 Å². The van der Waals surface area contributed by atoms with Gasteiger partial charge in [-0.1, -0.05) is 0 Å². The smallest absolute Gasteiger partial charge is 0.343 e. The van der Waals surface area contributed by atoms with Crippen molar-refractivity contribution in [3.05, 3.63) is 29.0 Å². The average Bonchev–Trinajstić information content (AvgIpc) is 3.36. The van der Waals surface area contributed by atoms with Crippen molar-refractivity contribution in [2.75, 3.05) is 37.6 Å². The highest BCUT2D eigenvalue weighted by Gasteiger charge is 2.21. The zero-order chi connectivity index (χ0) is 26.7. The molecule has 0 radical (unpaired) electrons. The monoisotopic (exact) mass is 498 g/mol. The molecule has 0 aliphatic carbocycles. The Bertz CT molecular complexity index is 1390. The van der Waals surface area contributed by atoms with E-state index in [1.165, 1.54) is 41.6 Å².